The molecule has 0 N–H and O–H groups in total. The Morgan fingerprint density at radius 3 is 2.60 bits per heavy atom. The fraction of sp³-hybridized carbons (Fsp3) is 0.846. The van der Waals surface area contributed by atoms with E-state index in [0.717, 1.165) is 13.0 Å². The number of rotatable bonds is 7. The summed E-state index contributed by atoms with van der Waals surface area (Å²) in [6.07, 6.45) is 1.80. The van der Waals surface area contributed by atoms with Gasteiger partial charge in [0, 0.05) is 19.6 Å². The van der Waals surface area contributed by atoms with Gasteiger partial charge in [-0.05, 0) is 19.4 Å². The van der Waals surface area contributed by atoms with Crippen molar-refractivity contribution in [3.05, 3.63) is 0 Å². The van der Waals surface area contributed by atoms with E-state index < -0.39 is 9.84 Å². The van der Waals surface area contributed by atoms with Crippen LogP contribution in [0.5, 0.6) is 0 Å². The predicted molar refractivity (Wildman–Crippen MR) is 76.8 cm³/mol. The molecule has 0 bridgehead atoms. The summed E-state index contributed by atoms with van der Waals surface area (Å²) in [6.45, 7) is 3.38. The standard InChI is InChI=1S/C13H23N3O3S/c1-3-7-16(12-5-9-20(18,19)11-12)10-13(17)15(2)8-4-6-14/h12H,3-5,7-11H2,1-2H3. The van der Waals surface area contributed by atoms with Gasteiger partial charge in [0.25, 0.3) is 0 Å². The fourth-order valence-corrected chi connectivity index (χ4v) is 4.14. The Hall–Kier alpha value is -1.13. The summed E-state index contributed by atoms with van der Waals surface area (Å²) in [5, 5.41) is 8.53. The van der Waals surface area contributed by atoms with Crippen molar-refractivity contribution in [2.24, 2.45) is 0 Å². The highest BCUT2D eigenvalue weighted by molar-refractivity contribution is 7.91. The zero-order valence-corrected chi connectivity index (χ0v) is 13.0. The maximum Gasteiger partial charge on any atom is 0.236 e. The van der Waals surface area contributed by atoms with E-state index in [2.05, 4.69) is 0 Å². The Labute approximate surface area is 121 Å². The van der Waals surface area contributed by atoms with Crippen LogP contribution in [0.15, 0.2) is 0 Å². The van der Waals surface area contributed by atoms with Gasteiger partial charge in [-0.15, -0.1) is 0 Å². The van der Waals surface area contributed by atoms with Crippen LogP contribution in [-0.4, -0.2) is 68.4 Å². The van der Waals surface area contributed by atoms with E-state index in [0.29, 0.717) is 19.4 Å². The Morgan fingerprint density at radius 2 is 2.10 bits per heavy atom. The van der Waals surface area contributed by atoms with E-state index in [1.165, 1.54) is 4.90 Å². The Balaban J connectivity index is 2.59. The molecule has 1 saturated heterocycles. The van der Waals surface area contributed by atoms with Crippen molar-refractivity contribution in [1.82, 2.24) is 9.80 Å². The van der Waals surface area contributed by atoms with Gasteiger partial charge in [0.2, 0.25) is 5.91 Å². The van der Waals surface area contributed by atoms with Gasteiger partial charge < -0.3 is 4.90 Å². The Kier molecular flexibility index (Phi) is 6.43. The summed E-state index contributed by atoms with van der Waals surface area (Å²) in [5.41, 5.74) is 0. The second-order valence-electron chi connectivity index (χ2n) is 5.25. The van der Waals surface area contributed by atoms with E-state index in [4.69, 9.17) is 5.26 Å². The van der Waals surface area contributed by atoms with Crippen LogP contribution in [0.1, 0.15) is 26.2 Å². The molecule has 6 nitrogen and oxygen atoms in total. The first-order valence-corrected chi connectivity index (χ1v) is 8.77. The lowest BCUT2D eigenvalue weighted by atomic mass is 10.2. The Bertz CT molecular complexity index is 470. The van der Waals surface area contributed by atoms with Gasteiger partial charge in [-0.25, -0.2) is 8.42 Å². The van der Waals surface area contributed by atoms with Crippen LogP contribution in [0.25, 0.3) is 0 Å². The molecular weight excluding hydrogens is 278 g/mol. The predicted octanol–water partition coefficient (Wildman–Crippen LogP) is 0.258. The van der Waals surface area contributed by atoms with Crippen molar-refractivity contribution in [3.8, 4) is 6.07 Å². The van der Waals surface area contributed by atoms with Crippen LogP contribution in [-0.2, 0) is 14.6 Å². The zero-order chi connectivity index (χ0) is 15.2. The third-order valence-electron chi connectivity index (χ3n) is 3.56. The van der Waals surface area contributed by atoms with Crippen molar-refractivity contribution >= 4 is 15.7 Å². The summed E-state index contributed by atoms with van der Waals surface area (Å²) >= 11 is 0. The summed E-state index contributed by atoms with van der Waals surface area (Å²) in [4.78, 5) is 15.6. The average molecular weight is 301 g/mol. The SMILES string of the molecule is CCCN(CC(=O)N(C)CCC#N)C1CCS(=O)(=O)C1. The van der Waals surface area contributed by atoms with Gasteiger partial charge in [-0.1, -0.05) is 6.92 Å². The number of nitriles is 1. The van der Waals surface area contributed by atoms with Gasteiger partial charge in [-0.2, -0.15) is 5.26 Å². The molecular formula is C13H23N3O3S. The molecule has 1 rings (SSSR count). The molecule has 1 atom stereocenters. The number of carbonyl (C=O) groups is 1. The van der Waals surface area contributed by atoms with Crippen molar-refractivity contribution in [2.45, 2.75) is 32.2 Å². The number of hydrogen-bond donors (Lipinski definition) is 0. The van der Waals surface area contributed by atoms with Crippen LogP contribution in [0.3, 0.4) is 0 Å². The Morgan fingerprint density at radius 1 is 1.40 bits per heavy atom. The number of likely N-dealkylation sites (N-methyl/N-ethyl adjacent to an activating group) is 1. The minimum atomic E-state index is -2.94. The largest absolute Gasteiger partial charge is 0.344 e. The molecule has 7 heteroatoms. The highest BCUT2D eigenvalue weighted by Gasteiger charge is 2.32. The maximum absolute atomic E-state index is 12.1. The smallest absolute Gasteiger partial charge is 0.236 e. The van der Waals surface area contributed by atoms with Crippen LogP contribution < -0.4 is 0 Å². The molecule has 1 fully saturated rings. The van der Waals surface area contributed by atoms with E-state index in [1.54, 1.807) is 7.05 Å². The zero-order valence-electron chi connectivity index (χ0n) is 12.2. The highest BCUT2D eigenvalue weighted by atomic mass is 32.2. The van der Waals surface area contributed by atoms with Crippen LogP contribution in [0.4, 0.5) is 0 Å². The molecule has 0 aromatic rings. The number of sulfone groups is 1. The molecule has 0 radical (unpaired) electrons. The molecule has 0 aromatic heterocycles. The lowest BCUT2D eigenvalue weighted by molar-refractivity contribution is -0.131. The van der Waals surface area contributed by atoms with E-state index in [-0.39, 0.29) is 30.0 Å². The second-order valence-corrected chi connectivity index (χ2v) is 7.48. The molecule has 1 aliphatic heterocycles. The van der Waals surface area contributed by atoms with Crippen LogP contribution >= 0.6 is 0 Å². The third kappa shape index (κ3) is 5.10. The van der Waals surface area contributed by atoms with E-state index in [9.17, 15) is 13.2 Å². The van der Waals surface area contributed by atoms with Crippen LogP contribution in [0.2, 0.25) is 0 Å². The molecule has 1 amide bonds. The number of carbonyl (C=O) groups excluding carboxylic acids is 1. The lowest BCUT2D eigenvalue weighted by Crippen LogP contribution is -2.44. The summed E-state index contributed by atoms with van der Waals surface area (Å²) in [7, 11) is -1.26. The minimum absolute atomic E-state index is 0.0479. The molecule has 0 spiro atoms. The molecule has 0 aliphatic carbocycles. The van der Waals surface area contributed by atoms with Gasteiger partial charge in [0.1, 0.15) is 0 Å². The van der Waals surface area contributed by atoms with E-state index in [1.807, 2.05) is 17.9 Å². The van der Waals surface area contributed by atoms with Crippen molar-refractivity contribution in [2.75, 3.05) is 38.2 Å². The van der Waals surface area contributed by atoms with Gasteiger partial charge in [0.05, 0.1) is 30.5 Å². The molecule has 0 aromatic carbocycles. The average Bonchev–Trinajstić information content (AvgIpc) is 2.75. The minimum Gasteiger partial charge on any atom is -0.344 e. The number of nitrogens with zero attached hydrogens (tertiary/aromatic N) is 3. The first kappa shape index (κ1) is 16.9. The van der Waals surface area contributed by atoms with Gasteiger partial charge >= 0.3 is 0 Å². The quantitative estimate of drug-likeness (QED) is 0.673. The second kappa shape index (κ2) is 7.60. The third-order valence-corrected chi connectivity index (χ3v) is 5.31. The van der Waals surface area contributed by atoms with Crippen molar-refractivity contribution < 1.29 is 13.2 Å². The maximum atomic E-state index is 12.1. The van der Waals surface area contributed by atoms with Gasteiger partial charge in [-0.3, -0.25) is 9.69 Å². The molecule has 114 valence electrons. The summed E-state index contributed by atoms with van der Waals surface area (Å²) in [6, 6.07) is 1.96. The van der Waals surface area contributed by atoms with E-state index >= 15 is 0 Å². The molecule has 0 saturated carbocycles. The monoisotopic (exact) mass is 301 g/mol. The normalized spacial score (nSPS) is 20.8. The molecule has 20 heavy (non-hydrogen) atoms. The van der Waals surface area contributed by atoms with Crippen molar-refractivity contribution in [1.29, 1.82) is 5.26 Å². The highest BCUT2D eigenvalue weighted by Crippen LogP contribution is 2.18. The van der Waals surface area contributed by atoms with Crippen molar-refractivity contribution in [3.63, 3.8) is 0 Å². The summed E-state index contributed by atoms with van der Waals surface area (Å²) in [5.74, 6) is 0.316. The summed E-state index contributed by atoms with van der Waals surface area (Å²) < 4.78 is 23.1. The van der Waals surface area contributed by atoms with Crippen LogP contribution in [0, 0.1) is 11.3 Å². The first-order chi connectivity index (χ1) is 9.39. The first-order valence-electron chi connectivity index (χ1n) is 6.95. The fourth-order valence-electron chi connectivity index (χ4n) is 2.38. The molecule has 1 heterocycles. The topological polar surface area (TPSA) is 81.5 Å². The lowest BCUT2D eigenvalue weighted by Gasteiger charge is -2.28. The van der Waals surface area contributed by atoms with Gasteiger partial charge in [0.15, 0.2) is 9.84 Å². The molecule has 1 aliphatic rings. The number of hydrogen-bond acceptors (Lipinski definition) is 5. The number of amides is 1. The molecule has 1 unspecified atom stereocenters.